The topological polar surface area (TPSA) is 55.4 Å². The molecule has 0 spiro atoms. The van der Waals surface area contributed by atoms with E-state index in [0.717, 1.165) is 11.1 Å². The van der Waals surface area contributed by atoms with Crippen LogP contribution in [0.1, 0.15) is 25.0 Å². The number of ether oxygens (including phenoxy) is 6. The van der Waals surface area contributed by atoms with Gasteiger partial charge in [-0.15, -0.1) is 0 Å². The lowest BCUT2D eigenvalue weighted by Crippen LogP contribution is -2.17. The molecular weight excluding hydrogens is 372 g/mol. The third-order valence-corrected chi connectivity index (χ3v) is 4.45. The summed E-state index contributed by atoms with van der Waals surface area (Å²) in [5.74, 6) is 3.60. The fourth-order valence-electron chi connectivity index (χ4n) is 3.18. The van der Waals surface area contributed by atoms with Gasteiger partial charge in [0.15, 0.2) is 23.0 Å². The molecule has 6 nitrogen and oxygen atoms in total. The van der Waals surface area contributed by atoms with Crippen LogP contribution in [-0.2, 0) is 6.42 Å². The molecule has 0 radical (unpaired) electrons. The summed E-state index contributed by atoms with van der Waals surface area (Å²) in [6, 6.07) is 7.64. The summed E-state index contributed by atoms with van der Waals surface area (Å²) in [5, 5.41) is 0. The van der Waals surface area contributed by atoms with Crippen LogP contribution in [0.25, 0.3) is 6.08 Å². The van der Waals surface area contributed by atoms with E-state index in [1.54, 1.807) is 35.5 Å². The molecule has 0 amide bonds. The van der Waals surface area contributed by atoms with Gasteiger partial charge in [-0.05, 0) is 37.6 Å². The van der Waals surface area contributed by atoms with E-state index in [4.69, 9.17) is 28.4 Å². The Bertz CT molecular complexity index is 818. The molecule has 0 aliphatic carbocycles. The normalized spacial score (nSPS) is 11.8. The molecule has 0 bridgehead atoms. The van der Waals surface area contributed by atoms with Crippen LogP contribution in [0.4, 0.5) is 0 Å². The molecule has 0 saturated heterocycles. The maximum atomic E-state index is 6.22. The highest BCUT2D eigenvalue weighted by molar-refractivity contribution is 5.62. The molecule has 0 saturated carbocycles. The van der Waals surface area contributed by atoms with Crippen molar-refractivity contribution in [3.05, 3.63) is 41.5 Å². The molecule has 6 heteroatoms. The zero-order valence-corrected chi connectivity index (χ0v) is 18.2. The zero-order chi connectivity index (χ0) is 21.4. The summed E-state index contributed by atoms with van der Waals surface area (Å²) in [6.45, 7) is 3.94. The van der Waals surface area contributed by atoms with Crippen molar-refractivity contribution in [2.45, 2.75) is 26.4 Å². The fourth-order valence-corrected chi connectivity index (χ4v) is 3.18. The summed E-state index contributed by atoms with van der Waals surface area (Å²) in [7, 11) is 8.02. The Balaban J connectivity index is 2.33. The van der Waals surface area contributed by atoms with Crippen molar-refractivity contribution in [1.29, 1.82) is 0 Å². The van der Waals surface area contributed by atoms with E-state index in [2.05, 4.69) is 0 Å². The molecule has 0 N–H and O–H groups in total. The Morgan fingerprint density at radius 1 is 0.759 bits per heavy atom. The van der Waals surface area contributed by atoms with E-state index < -0.39 is 0 Å². The number of hydrogen-bond acceptors (Lipinski definition) is 6. The summed E-state index contributed by atoms with van der Waals surface area (Å²) in [6.07, 6.45) is 4.34. The Kier molecular flexibility index (Phi) is 8.07. The van der Waals surface area contributed by atoms with Crippen molar-refractivity contribution in [1.82, 2.24) is 0 Å². The first-order valence-electron chi connectivity index (χ1n) is 9.36. The second kappa shape index (κ2) is 10.5. The predicted octanol–water partition coefficient (Wildman–Crippen LogP) is 4.77. The van der Waals surface area contributed by atoms with E-state index >= 15 is 0 Å². The van der Waals surface area contributed by atoms with Crippen molar-refractivity contribution < 1.29 is 28.4 Å². The van der Waals surface area contributed by atoms with Gasteiger partial charge in [-0.1, -0.05) is 18.2 Å². The van der Waals surface area contributed by atoms with Gasteiger partial charge in [-0.2, -0.15) is 0 Å². The molecule has 29 heavy (non-hydrogen) atoms. The molecule has 0 fully saturated rings. The maximum absolute atomic E-state index is 6.22. The molecule has 2 rings (SSSR count). The van der Waals surface area contributed by atoms with Crippen LogP contribution in [-0.4, -0.2) is 41.7 Å². The molecular formula is C23H30O6. The van der Waals surface area contributed by atoms with Crippen LogP contribution in [0.2, 0.25) is 0 Å². The highest BCUT2D eigenvalue weighted by Gasteiger charge is 2.21. The largest absolute Gasteiger partial charge is 0.493 e. The van der Waals surface area contributed by atoms with E-state index in [1.807, 2.05) is 50.3 Å². The Hall–Kier alpha value is -3.02. The van der Waals surface area contributed by atoms with Crippen LogP contribution in [0.15, 0.2) is 30.3 Å². The number of benzene rings is 2. The van der Waals surface area contributed by atoms with Crippen LogP contribution in [0, 0.1) is 0 Å². The smallest absolute Gasteiger partial charge is 0.203 e. The number of rotatable bonds is 10. The van der Waals surface area contributed by atoms with Gasteiger partial charge in [0, 0.05) is 12.0 Å². The van der Waals surface area contributed by atoms with Gasteiger partial charge in [0.05, 0.1) is 35.5 Å². The van der Waals surface area contributed by atoms with Crippen molar-refractivity contribution >= 4 is 6.08 Å². The summed E-state index contributed by atoms with van der Waals surface area (Å²) >= 11 is 0. The number of allylic oxidation sites excluding steroid dienone is 1. The molecule has 0 aliphatic heterocycles. The lowest BCUT2D eigenvalue weighted by Gasteiger charge is -2.21. The molecule has 1 atom stereocenters. The SMILES string of the molecule is C/C=C\c1cc(OC)c(OC(C)Cc2ccc(OC)c(OC)c2OC)c(OC)c1. The lowest BCUT2D eigenvalue weighted by molar-refractivity contribution is 0.200. The quantitative estimate of drug-likeness (QED) is 0.570. The van der Waals surface area contributed by atoms with Gasteiger partial charge >= 0.3 is 0 Å². The Morgan fingerprint density at radius 2 is 1.34 bits per heavy atom. The standard InChI is InChI=1S/C23H30O6/c1-8-9-16-13-19(25-4)22(20(14-16)26-5)29-15(2)12-17-10-11-18(24-3)23(28-7)21(17)27-6/h8-11,13-15H,12H2,1-7H3/b9-8-. The minimum Gasteiger partial charge on any atom is -0.493 e. The van der Waals surface area contributed by atoms with E-state index in [0.29, 0.717) is 40.9 Å². The van der Waals surface area contributed by atoms with Gasteiger partial charge in [-0.3, -0.25) is 0 Å². The summed E-state index contributed by atoms with van der Waals surface area (Å²) in [4.78, 5) is 0. The van der Waals surface area contributed by atoms with Crippen molar-refractivity contribution in [3.63, 3.8) is 0 Å². The van der Waals surface area contributed by atoms with Gasteiger partial charge in [-0.25, -0.2) is 0 Å². The first-order chi connectivity index (χ1) is 14.0. The average molecular weight is 402 g/mol. The molecule has 0 heterocycles. The van der Waals surface area contributed by atoms with Crippen LogP contribution >= 0.6 is 0 Å². The predicted molar refractivity (Wildman–Crippen MR) is 114 cm³/mol. The minimum atomic E-state index is -0.183. The van der Waals surface area contributed by atoms with Gasteiger partial charge in [0.25, 0.3) is 0 Å². The zero-order valence-electron chi connectivity index (χ0n) is 18.2. The fraction of sp³-hybridized carbons (Fsp3) is 0.391. The monoisotopic (exact) mass is 402 g/mol. The summed E-state index contributed by atoms with van der Waals surface area (Å²) in [5.41, 5.74) is 1.92. The van der Waals surface area contributed by atoms with Crippen LogP contribution in [0.3, 0.4) is 0 Å². The third-order valence-electron chi connectivity index (χ3n) is 4.45. The minimum absolute atomic E-state index is 0.183. The lowest BCUT2D eigenvalue weighted by atomic mass is 10.1. The highest BCUT2D eigenvalue weighted by Crippen LogP contribution is 2.42. The second-order valence-electron chi connectivity index (χ2n) is 6.38. The number of hydrogen-bond donors (Lipinski definition) is 0. The summed E-state index contributed by atoms with van der Waals surface area (Å²) < 4.78 is 33.7. The van der Waals surface area contributed by atoms with Crippen molar-refractivity contribution in [3.8, 4) is 34.5 Å². The Labute approximate surface area is 172 Å². The molecule has 0 aromatic heterocycles. The van der Waals surface area contributed by atoms with Crippen molar-refractivity contribution in [2.24, 2.45) is 0 Å². The van der Waals surface area contributed by atoms with E-state index in [-0.39, 0.29) is 6.10 Å². The molecule has 1 unspecified atom stereocenters. The van der Waals surface area contributed by atoms with Crippen LogP contribution < -0.4 is 28.4 Å². The number of methoxy groups -OCH3 is 5. The van der Waals surface area contributed by atoms with E-state index in [1.165, 1.54) is 0 Å². The molecule has 0 aliphatic rings. The van der Waals surface area contributed by atoms with Gasteiger partial charge in [0.1, 0.15) is 6.10 Å². The first-order valence-corrected chi connectivity index (χ1v) is 9.36. The maximum Gasteiger partial charge on any atom is 0.203 e. The first kappa shape index (κ1) is 22.3. The van der Waals surface area contributed by atoms with Crippen molar-refractivity contribution in [2.75, 3.05) is 35.5 Å². The molecule has 158 valence electrons. The third kappa shape index (κ3) is 5.08. The second-order valence-corrected chi connectivity index (χ2v) is 6.38. The van der Waals surface area contributed by atoms with Gasteiger partial charge < -0.3 is 28.4 Å². The molecule has 2 aromatic carbocycles. The van der Waals surface area contributed by atoms with Gasteiger partial charge in [0.2, 0.25) is 11.5 Å². The molecule has 2 aromatic rings. The van der Waals surface area contributed by atoms with E-state index in [9.17, 15) is 0 Å². The highest BCUT2D eigenvalue weighted by atomic mass is 16.5. The average Bonchev–Trinajstić information content (AvgIpc) is 2.73. The Morgan fingerprint density at radius 3 is 1.83 bits per heavy atom. The van der Waals surface area contributed by atoms with Crippen LogP contribution in [0.5, 0.6) is 34.5 Å².